The van der Waals surface area contributed by atoms with E-state index in [1.54, 1.807) is 26.0 Å². The van der Waals surface area contributed by atoms with E-state index in [4.69, 9.17) is 17.2 Å². The zero-order chi connectivity index (χ0) is 44.6. The van der Waals surface area contributed by atoms with Gasteiger partial charge in [-0.1, -0.05) is 51.8 Å². The quantitative estimate of drug-likeness (QED) is 0.0324. The first-order valence-electron chi connectivity index (χ1n) is 18.5. The summed E-state index contributed by atoms with van der Waals surface area (Å²) in [4.78, 5) is 114. The molecule has 0 fully saturated rings. The summed E-state index contributed by atoms with van der Waals surface area (Å²) in [5.74, 6) is -8.59. The number of primary amides is 2. The van der Waals surface area contributed by atoms with Gasteiger partial charge in [0.2, 0.25) is 41.4 Å². The molecule has 2 rings (SSSR count). The first kappa shape index (κ1) is 48.3. The zero-order valence-electron chi connectivity index (χ0n) is 33.0. The summed E-state index contributed by atoms with van der Waals surface area (Å²) in [5, 5.41) is 45.9. The number of hydrogen-bond acceptors (Lipinski definition) is 13. The highest BCUT2D eigenvalue weighted by Gasteiger charge is 2.33. The van der Waals surface area contributed by atoms with E-state index in [2.05, 4.69) is 31.9 Å². The molecule has 6 atom stereocenters. The van der Waals surface area contributed by atoms with Gasteiger partial charge in [-0.2, -0.15) is 0 Å². The molecule has 59 heavy (non-hydrogen) atoms. The molecule has 0 unspecified atom stereocenters. The number of nitrogens with zero attached hydrogens (tertiary/aromatic N) is 1. The molecule has 14 N–H and O–H groups in total. The van der Waals surface area contributed by atoms with Crippen LogP contribution in [0.4, 0.5) is 11.4 Å². The van der Waals surface area contributed by atoms with Gasteiger partial charge in [0.25, 0.3) is 5.91 Å². The monoisotopic (exact) mass is 828 g/mol. The highest BCUT2D eigenvalue weighted by atomic mass is 16.6. The van der Waals surface area contributed by atoms with Crippen LogP contribution >= 0.6 is 0 Å². The van der Waals surface area contributed by atoms with Gasteiger partial charge in [-0.05, 0) is 43.0 Å². The lowest BCUT2D eigenvalue weighted by Crippen LogP contribution is -2.60. The third-order valence-electron chi connectivity index (χ3n) is 8.86. The van der Waals surface area contributed by atoms with Crippen molar-refractivity contribution in [2.75, 3.05) is 12.3 Å². The Balaban J connectivity index is 2.25. The number of para-hydroxylation sites is 1. The third-order valence-corrected chi connectivity index (χ3v) is 8.86. The van der Waals surface area contributed by atoms with Crippen LogP contribution in [0.1, 0.15) is 69.3 Å². The summed E-state index contributed by atoms with van der Waals surface area (Å²) in [5.41, 5.74) is 16.0. The van der Waals surface area contributed by atoms with E-state index in [-0.39, 0.29) is 23.2 Å². The fourth-order valence-electron chi connectivity index (χ4n) is 5.52. The van der Waals surface area contributed by atoms with Gasteiger partial charge in [0.05, 0.1) is 23.5 Å². The van der Waals surface area contributed by atoms with Gasteiger partial charge in [0.1, 0.15) is 36.3 Å². The summed E-state index contributed by atoms with van der Waals surface area (Å²) >= 11 is 0. The Hall–Kier alpha value is -6.84. The molecule has 0 aromatic heterocycles. The number of hydrogen-bond donors (Lipinski definition) is 11. The third kappa shape index (κ3) is 14.9. The first-order valence-corrected chi connectivity index (χ1v) is 18.5. The Morgan fingerprint density at radius 1 is 0.763 bits per heavy atom. The molecule has 22 nitrogen and oxygen atoms in total. The summed E-state index contributed by atoms with van der Waals surface area (Å²) in [6.07, 6.45) is -0.185. The van der Waals surface area contributed by atoms with Crippen molar-refractivity contribution in [2.45, 2.75) is 96.1 Å². The van der Waals surface area contributed by atoms with Crippen molar-refractivity contribution in [3.8, 4) is 5.75 Å². The van der Waals surface area contributed by atoms with Crippen molar-refractivity contribution in [3.63, 3.8) is 0 Å². The van der Waals surface area contributed by atoms with Crippen molar-refractivity contribution in [1.82, 2.24) is 31.9 Å². The van der Waals surface area contributed by atoms with Crippen LogP contribution in [-0.4, -0.2) is 105 Å². The number of phenols is 1. The van der Waals surface area contributed by atoms with Crippen LogP contribution < -0.4 is 49.1 Å². The Morgan fingerprint density at radius 2 is 1.34 bits per heavy atom. The van der Waals surface area contributed by atoms with Gasteiger partial charge in [-0.25, -0.2) is 0 Å². The predicted molar refractivity (Wildman–Crippen MR) is 210 cm³/mol. The molecule has 0 saturated carbocycles. The number of aliphatic hydroxyl groups excluding tert-OH is 1. The standard InChI is InChI=1S/C37H52N10O12/c1-5-6-11-23(42-32(52)19(4)41-37(57)30(18(2)3)46-33(53)21-9-7-8-10-22(21)38)34(54)45-26(17-48)36(56)44-25(35(55)43-24(31(40)51)16-29(39)50)14-20-12-13-28(49)27(15-20)47(58)59/h7-10,12-13,15,18-19,23-26,30,48-49H,5-6,11,14,16-17,38H2,1-4H3,(H2,39,50)(H2,40,51)(H,41,57)(H,42,52)(H,43,55)(H,44,56)(H,45,54)(H,46,53)/t19-,23-,24-,25-,26-,30-/m0/s1. The number of aliphatic hydroxyl groups is 1. The Kier molecular flexibility index (Phi) is 18.7. The second-order valence-corrected chi connectivity index (χ2v) is 13.9. The minimum absolute atomic E-state index is 0.0385. The summed E-state index contributed by atoms with van der Waals surface area (Å²) in [7, 11) is 0. The van der Waals surface area contributed by atoms with Crippen molar-refractivity contribution in [1.29, 1.82) is 0 Å². The number of nitrogens with one attached hydrogen (secondary N) is 6. The number of nitrogen functional groups attached to an aromatic ring is 1. The number of anilines is 1. The molecule has 0 spiro atoms. The Labute approximate surface area is 338 Å². The average Bonchev–Trinajstić information content (AvgIpc) is 3.16. The number of benzene rings is 2. The highest BCUT2D eigenvalue weighted by Crippen LogP contribution is 2.27. The fourth-order valence-corrected chi connectivity index (χ4v) is 5.52. The van der Waals surface area contributed by atoms with Gasteiger partial charge < -0.3 is 59.3 Å². The summed E-state index contributed by atoms with van der Waals surface area (Å²) in [6, 6.07) is 0.686. The smallest absolute Gasteiger partial charge is 0.310 e. The van der Waals surface area contributed by atoms with Gasteiger partial charge in [-0.3, -0.25) is 48.5 Å². The Bertz CT molecular complexity index is 1890. The van der Waals surface area contributed by atoms with E-state index >= 15 is 0 Å². The number of rotatable bonds is 23. The molecule has 0 saturated heterocycles. The fraction of sp³-hybridized carbons (Fsp3) is 0.459. The lowest BCUT2D eigenvalue weighted by atomic mass is 10.0. The molecule has 0 aliphatic rings. The number of nitro groups is 1. The van der Waals surface area contributed by atoms with Crippen LogP contribution in [0.3, 0.4) is 0 Å². The van der Waals surface area contributed by atoms with Crippen LogP contribution in [0, 0.1) is 16.0 Å². The van der Waals surface area contributed by atoms with Gasteiger partial charge in [0.15, 0.2) is 5.75 Å². The zero-order valence-corrected chi connectivity index (χ0v) is 33.0. The predicted octanol–water partition coefficient (Wildman–Crippen LogP) is -2.13. The molecule has 0 bridgehead atoms. The molecule has 0 aliphatic carbocycles. The van der Waals surface area contributed by atoms with Crippen molar-refractivity contribution in [2.24, 2.45) is 17.4 Å². The van der Waals surface area contributed by atoms with Gasteiger partial charge in [0, 0.05) is 18.2 Å². The van der Waals surface area contributed by atoms with Crippen LogP contribution in [0.15, 0.2) is 42.5 Å². The molecular weight excluding hydrogens is 776 g/mol. The van der Waals surface area contributed by atoms with Crippen LogP contribution in [0.2, 0.25) is 0 Å². The maximum absolute atomic E-state index is 13.5. The number of amides is 8. The number of carbonyl (C=O) groups is 8. The van der Waals surface area contributed by atoms with Crippen LogP contribution in [-0.2, 0) is 40.0 Å². The van der Waals surface area contributed by atoms with E-state index in [0.717, 1.165) is 12.1 Å². The average molecular weight is 829 g/mol. The highest BCUT2D eigenvalue weighted by molar-refractivity contribution is 6.02. The van der Waals surface area contributed by atoms with Gasteiger partial charge >= 0.3 is 5.69 Å². The number of nitrogens with two attached hydrogens (primary N) is 3. The molecular formula is C37H52N10O12. The minimum Gasteiger partial charge on any atom is -0.502 e. The number of aromatic hydroxyl groups is 1. The lowest BCUT2D eigenvalue weighted by Gasteiger charge is -2.27. The van der Waals surface area contributed by atoms with Crippen molar-refractivity contribution < 1.29 is 53.5 Å². The van der Waals surface area contributed by atoms with E-state index < -0.39 is 125 Å². The second kappa shape index (κ2) is 22.8. The SMILES string of the molecule is CCCC[C@H](NC(=O)[C@H](C)NC(=O)[C@@H](NC(=O)c1ccccc1N)C(C)C)C(=O)N[C@@H](CO)C(=O)N[C@@H](Cc1ccc(O)c([N+](=O)[O-])c1)C(=O)N[C@@H](CC(N)=O)C(N)=O. The topological polar surface area (TPSA) is 370 Å². The number of nitro benzene ring substituents is 1. The molecule has 0 aliphatic heterocycles. The van der Waals surface area contributed by atoms with Gasteiger partial charge in [-0.15, -0.1) is 0 Å². The maximum Gasteiger partial charge on any atom is 0.310 e. The first-order chi connectivity index (χ1) is 27.7. The molecule has 2 aromatic carbocycles. The Morgan fingerprint density at radius 3 is 1.90 bits per heavy atom. The molecule has 0 heterocycles. The van der Waals surface area contributed by atoms with Crippen molar-refractivity contribution in [3.05, 3.63) is 63.7 Å². The summed E-state index contributed by atoms with van der Waals surface area (Å²) in [6.45, 7) is 5.49. The molecule has 0 radical (unpaired) electrons. The maximum atomic E-state index is 13.5. The largest absolute Gasteiger partial charge is 0.502 e. The number of carbonyl (C=O) groups excluding carboxylic acids is 8. The lowest BCUT2D eigenvalue weighted by molar-refractivity contribution is -0.385. The molecule has 22 heteroatoms. The number of unbranched alkanes of at least 4 members (excludes halogenated alkanes) is 1. The molecule has 2 aromatic rings. The summed E-state index contributed by atoms with van der Waals surface area (Å²) < 4.78 is 0. The van der Waals surface area contributed by atoms with E-state index in [1.165, 1.54) is 25.1 Å². The number of phenolic OH excluding ortho intramolecular Hbond substituents is 1. The van der Waals surface area contributed by atoms with E-state index in [1.807, 2.05) is 6.92 Å². The van der Waals surface area contributed by atoms with E-state index in [9.17, 15) is 58.7 Å². The normalized spacial score (nSPS) is 13.9. The van der Waals surface area contributed by atoms with Crippen LogP contribution in [0.5, 0.6) is 5.75 Å². The molecule has 8 amide bonds. The second-order valence-electron chi connectivity index (χ2n) is 13.9. The van der Waals surface area contributed by atoms with Crippen LogP contribution in [0.25, 0.3) is 0 Å². The van der Waals surface area contributed by atoms with Crippen molar-refractivity contribution >= 4 is 58.6 Å². The molecule has 322 valence electrons. The minimum atomic E-state index is -1.75. The van der Waals surface area contributed by atoms with E-state index in [0.29, 0.717) is 12.8 Å².